The summed E-state index contributed by atoms with van der Waals surface area (Å²) in [6.07, 6.45) is -0.117. The number of benzene rings is 2. The molecule has 4 nitrogen and oxygen atoms in total. The number of rotatable bonds is 7. The lowest BCUT2D eigenvalue weighted by atomic mass is 9.96. The molecule has 0 radical (unpaired) electrons. The topological polar surface area (TPSA) is 58.6 Å². The molecule has 0 heterocycles. The Kier molecular flexibility index (Phi) is 5.87. The number of ether oxygens (including phenoxy) is 1. The lowest BCUT2D eigenvalue weighted by Gasteiger charge is -2.24. The van der Waals surface area contributed by atoms with Gasteiger partial charge in [0.15, 0.2) is 0 Å². The summed E-state index contributed by atoms with van der Waals surface area (Å²) in [5, 5.41) is 13.1. The number of carbonyl (C=O) groups is 1. The van der Waals surface area contributed by atoms with Crippen molar-refractivity contribution in [1.82, 2.24) is 5.32 Å². The van der Waals surface area contributed by atoms with Gasteiger partial charge in [0.1, 0.15) is 11.4 Å². The lowest BCUT2D eigenvalue weighted by molar-refractivity contribution is -0.121. The zero-order chi connectivity index (χ0) is 17.6. The molecule has 2 rings (SSSR count). The highest BCUT2D eigenvalue weighted by atomic mass is 19.3. The van der Waals surface area contributed by atoms with E-state index in [0.29, 0.717) is 11.1 Å². The molecule has 0 fully saturated rings. The molecular weight excluding hydrogens is 316 g/mol. The van der Waals surface area contributed by atoms with Crippen molar-refractivity contribution in [2.75, 3.05) is 6.54 Å². The number of para-hydroxylation sites is 1. The second kappa shape index (κ2) is 7.88. The molecule has 2 N–H and O–H groups in total. The van der Waals surface area contributed by atoms with E-state index in [2.05, 4.69) is 10.1 Å². The minimum Gasteiger partial charge on any atom is -0.435 e. The number of alkyl halides is 2. The highest BCUT2D eigenvalue weighted by Gasteiger charge is 2.23. The highest BCUT2D eigenvalue weighted by molar-refractivity contribution is 5.79. The zero-order valence-electron chi connectivity index (χ0n) is 13.2. The molecular formula is C18H19F2NO3. The molecule has 6 heteroatoms. The highest BCUT2D eigenvalue weighted by Crippen LogP contribution is 2.21. The Labute approximate surface area is 139 Å². The van der Waals surface area contributed by atoms with E-state index in [9.17, 15) is 18.7 Å². The molecule has 2 aromatic carbocycles. The van der Waals surface area contributed by atoms with Gasteiger partial charge in [0.25, 0.3) is 0 Å². The van der Waals surface area contributed by atoms with Gasteiger partial charge in [0.2, 0.25) is 5.91 Å². The number of carbonyl (C=O) groups excluding carboxylic acids is 1. The van der Waals surface area contributed by atoms with Crippen molar-refractivity contribution in [1.29, 1.82) is 0 Å². The fourth-order valence-corrected chi connectivity index (χ4v) is 2.27. The van der Waals surface area contributed by atoms with Crippen molar-refractivity contribution >= 4 is 5.91 Å². The van der Waals surface area contributed by atoms with Crippen LogP contribution in [-0.2, 0) is 16.8 Å². The standard InChI is InChI=1S/C18H19F2NO3/c1-18(23,14-8-3-2-4-9-14)12-21-16(22)11-13-7-5-6-10-15(13)24-17(19)20/h2-10,17,23H,11-12H2,1H3,(H,21,22). The molecule has 0 saturated carbocycles. The average molecular weight is 335 g/mol. The number of nitrogens with one attached hydrogen (secondary N) is 1. The summed E-state index contributed by atoms with van der Waals surface area (Å²) in [7, 11) is 0. The fraction of sp³-hybridized carbons (Fsp3) is 0.278. The van der Waals surface area contributed by atoms with Crippen molar-refractivity contribution in [3.8, 4) is 5.75 Å². The van der Waals surface area contributed by atoms with Crippen molar-refractivity contribution in [2.24, 2.45) is 0 Å². The van der Waals surface area contributed by atoms with Crippen LogP contribution < -0.4 is 10.1 Å². The number of hydrogen-bond donors (Lipinski definition) is 2. The van der Waals surface area contributed by atoms with Gasteiger partial charge >= 0.3 is 6.61 Å². The molecule has 0 aliphatic heterocycles. The summed E-state index contributed by atoms with van der Waals surface area (Å²) in [5.41, 5.74) is -0.197. The van der Waals surface area contributed by atoms with Crippen LogP contribution in [0.1, 0.15) is 18.1 Å². The van der Waals surface area contributed by atoms with Crippen molar-refractivity contribution in [3.05, 3.63) is 65.7 Å². The van der Waals surface area contributed by atoms with Crippen LogP contribution in [-0.4, -0.2) is 24.2 Å². The molecule has 0 aliphatic carbocycles. The Morgan fingerprint density at radius 3 is 2.46 bits per heavy atom. The summed E-state index contributed by atoms with van der Waals surface area (Å²) in [6, 6.07) is 15.1. The molecule has 24 heavy (non-hydrogen) atoms. The Morgan fingerprint density at radius 2 is 1.79 bits per heavy atom. The van der Waals surface area contributed by atoms with Gasteiger partial charge in [0, 0.05) is 5.56 Å². The van der Waals surface area contributed by atoms with Crippen LogP contribution in [0.4, 0.5) is 8.78 Å². The van der Waals surface area contributed by atoms with Gasteiger partial charge in [0.05, 0.1) is 13.0 Å². The van der Waals surface area contributed by atoms with Crippen molar-refractivity contribution < 1.29 is 23.4 Å². The Morgan fingerprint density at radius 1 is 1.17 bits per heavy atom. The summed E-state index contributed by atoms with van der Waals surface area (Å²) in [4.78, 5) is 12.1. The van der Waals surface area contributed by atoms with Crippen LogP contribution in [0.3, 0.4) is 0 Å². The van der Waals surface area contributed by atoms with E-state index in [4.69, 9.17) is 0 Å². The van der Waals surface area contributed by atoms with Crippen LogP contribution in [0.15, 0.2) is 54.6 Å². The monoisotopic (exact) mass is 335 g/mol. The van der Waals surface area contributed by atoms with Crippen molar-refractivity contribution in [3.63, 3.8) is 0 Å². The molecule has 0 aromatic heterocycles. The second-order valence-electron chi connectivity index (χ2n) is 5.58. The fourth-order valence-electron chi connectivity index (χ4n) is 2.27. The first-order chi connectivity index (χ1) is 11.4. The molecule has 0 aliphatic rings. The third kappa shape index (κ3) is 5.03. The third-order valence-electron chi connectivity index (χ3n) is 3.57. The molecule has 128 valence electrons. The van der Waals surface area contributed by atoms with Crippen molar-refractivity contribution in [2.45, 2.75) is 25.6 Å². The summed E-state index contributed by atoms with van der Waals surface area (Å²) >= 11 is 0. The first-order valence-corrected chi connectivity index (χ1v) is 7.46. The first-order valence-electron chi connectivity index (χ1n) is 7.46. The van der Waals surface area contributed by atoms with E-state index in [0.717, 1.165) is 0 Å². The smallest absolute Gasteiger partial charge is 0.387 e. The maximum atomic E-state index is 12.4. The van der Waals surface area contributed by atoms with Gasteiger partial charge in [-0.15, -0.1) is 0 Å². The summed E-state index contributed by atoms with van der Waals surface area (Å²) < 4.78 is 29.1. The van der Waals surface area contributed by atoms with Gasteiger partial charge in [-0.1, -0.05) is 48.5 Å². The second-order valence-corrected chi connectivity index (χ2v) is 5.58. The number of aliphatic hydroxyl groups is 1. The van der Waals surface area contributed by atoms with Gasteiger partial charge in [-0.05, 0) is 18.6 Å². The predicted molar refractivity (Wildman–Crippen MR) is 85.8 cm³/mol. The van der Waals surface area contributed by atoms with Gasteiger partial charge in [-0.2, -0.15) is 8.78 Å². The van der Waals surface area contributed by atoms with E-state index in [-0.39, 0.29) is 18.7 Å². The first kappa shape index (κ1) is 17.9. The van der Waals surface area contributed by atoms with Crippen LogP contribution in [0, 0.1) is 0 Å². The van der Waals surface area contributed by atoms with Crippen LogP contribution in [0.2, 0.25) is 0 Å². The summed E-state index contributed by atoms with van der Waals surface area (Å²) in [5.74, 6) is -0.422. The zero-order valence-corrected chi connectivity index (χ0v) is 13.2. The van der Waals surface area contributed by atoms with Crippen LogP contribution in [0.5, 0.6) is 5.75 Å². The SMILES string of the molecule is CC(O)(CNC(=O)Cc1ccccc1OC(F)F)c1ccccc1. The molecule has 0 spiro atoms. The lowest BCUT2D eigenvalue weighted by Crippen LogP contribution is -2.39. The Balaban J connectivity index is 1.97. The molecule has 0 saturated heterocycles. The predicted octanol–water partition coefficient (Wildman–Crippen LogP) is 2.85. The van der Waals surface area contributed by atoms with E-state index in [1.54, 1.807) is 49.4 Å². The molecule has 0 bridgehead atoms. The molecule has 1 atom stereocenters. The minimum atomic E-state index is -2.95. The molecule has 1 unspecified atom stereocenters. The van der Waals surface area contributed by atoms with Gasteiger partial charge in [-0.3, -0.25) is 4.79 Å². The maximum Gasteiger partial charge on any atom is 0.387 e. The Hall–Kier alpha value is -2.47. The molecule has 2 aromatic rings. The largest absolute Gasteiger partial charge is 0.435 e. The number of hydrogen-bond acceptors (Lipinski definition) is 3. The Bertz CT molecular complexity index is 675. The van der Waals surface area contributed by atoms with Crippen LogP contribution >= 0.6 is 0 Å². The van der Waals surface area contributed by atoms with Gasteiger partial charge in [-0.25, -0.2) is 0 Å². The third-order valence-corrected chi connectivity index (χ3v) is 3.57. The number of amides is 1. The number of halogens is 2. The van der Waals surface area contributed by atoms with E-state index >= 15 is 0 Å². The maximum absolute atomic E-state index is 12.4. The average Bonchev–Trinajstić information content (AvgIpc) is 2.55. The van der Waals surface area contributed by atoms with E-state index < -0.39 is 18.1 Å². The minimum absolute atomic E-state index is 0.00766. The summed E-state index contributed by atoms with van der Waals surface area (Å²) in [6.45, 7) is -1.35. The van der Waals surface area contributed by atoms with E-state index in [1.807, 2.05) is 6.07 Å². The van der Waals surface area contributed by atoms with E-state index in [1.165, 1.54) is 6.07 Å². The normalized spacial score (nSPS) is 13.4. The quantitative estimate of drug-likeness (QED) is 0.818. The molecule has 1 amide bonds. The van der Waals surface area contributed by atoms with Crippen LogP contribution in [0.25, 0.3) is 0 Å². The van der Waals surface area contributed by atoms with Gasteiger partial charge < -0.3 is 15.2 Å².